The van der Waals surface area contributed by atoms with Gasteiger partial charge in [-0.3, -0.25) is 4.79 Å². The first kappa shape index (κ1) is 10.2. The molecule has 1 unspecified atom stereocenters. The third-order valence-corrected chi connectivity index (χ3v) is 2.92. The van der Waals surface area contributed by atoms with Gasteiger partial charge in [-0.2, -0.15) is 0 Å². The first-order valence-corrected chi connectivity index (χ1v) is 4.89. The maximum absolute atomic E-state index is 11.0. The normalized spacial score (nSPS) is 12.5. The van der Waals surface area contributed by atoms with Gasteiger partial charge in [-0.05, 0) is 23.9 Å². The van der Waals surface area contributed by atoms with Crippen LogP contribution in [-0.4, -0.2) is 19.1 Å². The molecule has 1 rings (SSSR count). The van der Waals surface area contributed by atoms with Crippen molar-refractivity contribution in [2.45, 2.75) is 19.4 Å². The van der Waals surface area contributed by atoms with E-state index in [1.165, 1.54) is 12.7 Å². The third kappa shape index (κ3) is 2.54. The monoisotopic (exact) mass is 199 g/mol. The lowest BCUT2D eigenvalue weighted by Crippen LogP contribution is -2.33. The highest BCUT2D eigenvalue weighted by molar-refractivity contribution is 7.10. The van der Waals surface area contributed by atoms with Gasteiger partial charge in [0.1, 0.15) is 6.04 Å². The van der Waals surface area contributed by atoms with Crippen LogP contribution in [0.25, 0.3) is 0 Å². The summed E-state index contributed by atoms with van der Waals surface area (Å²) in [7, 11) is 1.35. The van der Waals surface area contributed by atoms with Crippen LogP contribution in [0.4, 0.5) is 0 Å². The fraction of sp³-hybridized carbons (Fsp3) is 0.444. The van der Waals surface area contributed by atoms with E-state index in [0.717, 1.165) is 4.88 Å². The van der Waals surface area contributed by atoms with Crippen molar-refractivity contribution in [3.63, 3.8) is 0 Å². The number of esters is 1. The van der Waals surface area contributed by atoms with Crippen LogP contribution < -0.4 is 5.73 Å². The van der Waals surface area contributed by atoms with Gasteiger partial charge in [0.25, 0.3) is 0 Å². The summed E-state index contributed by atoms with van der Waals surface area (Å²) < 4.78 is 4.54. The number of carbonyl (C=O) groups excluding carboxylic acids is 1. The molecule has 1 heterocycles. The molecule has 1 atom stereocenters. The number of thiophene rings is 1. The van der Waals surface area contributed by atoms with E-state index in [2.05, 4.69) is 4.74 Å². The van der Waals surface area contributed by atoms with Crippen molar-refractivity contribution in [1.82, 2.24) is 0 Å². The number of carbonyl (C=O) groups is 1. The number of hydrogen-bond donors (Lipinski definition) is 1. The SMILES string of the molecule is COC(=O)C(N)Cc1sccc1C. The van der Waals surface area contributed by atoms with Crippen LogP contribution in [0, 0.1) is 6.92 Å². The van der Waals surface area contributed by atoms with Crippen LogP contribution in [0.5, 0.6) is 0 Å². The summed E-state index contributed by atoms with van der Waals surface area (Å²) in [5.41, 5.74) is 6.80. The predicted octanol–water partition coefficient (Wildman–Crippen LogP) is 1.10. The molecule has 1 aromatic rings. The second kappa shape index (κ2) is 4.39. The summed E-state index contributed by atoms with van der Waals surface area (Å²) in [6.07, 6.45) is 0.566. The molecule has 0 bridgehead atoms. The van der Waals surface area contributed by atoms with Gasteiger partial charge in [0.2, 0.25) is 0 Å². The van der Waals surface area contributed by atoms with Gasteiger partial charge in [0, 0.05) is 11.3 Å². The van der Waals surface area contributed by atoms with Crippen molar-refractivity contribution < 1.29 is 9.53 Å². The molecule has 0 saturated heterocycles. The van der Waals surface area contributed by atoms with E-state index in [4.69, 9.17) is 5.73 Å². The number of hydrogen-bond acceptors (Lipinski definition) is 4. The summed E-state index contributed by atoms with van der Waals surface area (Å²) in [6.45, 7) is 2.01. The van der Waals surface area contributed by atoms with E-state index in [1.807, 2.05) is 18.4 Å². The average molecular weight is 199 g/mol. The zero-order chi connectivity index (χ0) is 9.84. The van der Waals surface area contributed by atoms with E-state index in [1.54, 1.807) is 11.3 Å². The van der Waals surface area contributed by atoms with E-state index in [9.17, 15) is 4.79 Å². The van der Waals surface area contributed by atoms with Crippen LogP contribution >= 0.6 is 11.3 Å². The molecular weight excluding hydrogens is 186 g/mol. The van der Waals surface area contributed by atoms with E-state index in [-0.39, 0.29) is 5.97 Å². The Morgan fingerprint density at radius 2 is 2.46 bits per heavy atom. The van der Waals surface area contributed by atoms with Crippen LogP contribution in [0.1, 0.15) is 10.4 Å². The molecule has 3 nitrogen and oxygen atoms in total. The molecular formula is C9H13NO2S. The lowest BCUT2D eigenvalue weighted by atomic mass is 10.1. The zero-order valence-electron chi connectivity index (χ0n) is 7.74. The summed E-state index contributed by atoms with van der Waals surface area (Å²) in [5.74, 6) is -0.354. The minimum Gasteiger partial charge on any atom is -0.468 e. The second-order valence-corrected chi connectivity index (χ2v) is 3.86. The first-order chi connectivity index (χ1) is 6.15. The summed E-state index contributed by atoms with van der Waals surface area (Å²) >= 11 is 1.62. The van der Waals surface area contributed by atoms with Gasteiger partial charge in [0.05, 0.1) is 7.11 Å². The third-order valence-electron chi connectivity index (χ3n) is 1.88. The quantitative estimate of drug-likeness (QED) is 0.742. The predicted molar refractivity (Wildman–Crippen MR) is 52.8 cm³/mol. The van der Waals surface area contributed by atoms with E-state index in [0.29, 0.717) is 6.42 Å². The minimum absolute atomic E-state index is 0.354. The Balaban J connectivity index is 2.59. The highest BCUT2D eigenvalue weighted by atomic mass is 32.1. The van der Waals surface area contributed by atoms with Crippen molar-refractivity contribution in [2.24, 2.45) is 5.73 Å². The molecule has 0 aliphatic carbocycles. The lowest BCUT2D eigenvalue weighted by molar-refractivity contribution is -0.142. The van der Waals surface area contributed by atoms with Gasteiger partial charge in [-0.25, -0.2) is 0 Å². The smallest absolute Gasteiger partial charge is 0.323 e. The molecule has 13 heavy (non-hydrogen) atoms. The Morgan fingerprint density at radius 3 is 2.92 bits per heavy atom. The number of rotatable bonds is 3. The fourth-order valence-corrected chi connectivity index (χ4v) is 2.01. The molecule has 1 aromatic heterocycles. The highest BCUT2D eigenvalue weighted by Gasteiger charge is 2.15. The molecule has 0 saturated carbocycles. The van der Waals surface area contributed by atoms with Gasteiger partial charge in [-0.1, -0.05) is 0 Å². The number of ether oxygens (including phenoxy) is 1. The van der Waals surface area contributed by atoms with Gasteiger partial charge < -0.3 is 10.5 Å². The van der Waals surface area contributed by atoms with Gasteiger partial charge >= 0.3 is 5.97 Å². The molecule has 4 heteroatoms. The number of aryl methyl sites for hydroxylation is 1. The number of nitrogens with two attached hydrogens (primary N) is 1. The van der Waals surface area contributed by atoms with Crippen LogP contribution in [0.2, 0.25) is 0 Å². The molecule has 2 N–H and O–H groups in total. The molecule has 0 spiro atoms. The largest absolute Gasteiger partial charge is 0.468 e. The maximum Gasteiger partial charge on any atom is 0.323 e. The minimum atomic E-state index is -0.539. The topological polar surface area (TPSA) is 52.3 Å². The Labute approximate surface area is 81.5 Å². The Morgan fingerprint density at radius 1 is 1.77 bits per heavy atom. The molecule has 0 fully saturated rings. The van der Waals surface area contributed by atoms with Crippen molar-refractivity contribution in [1.29, 1.82) is 0 Å². The van der Waals surface area contributed by atoms with Crippen molar-refractivity contribution in [2.75, 3.05) is 7.11 Å². The Kier molecular flexibility index (Phi) is 3.45. The first-order valence-electron chi connectivity index (χ1n) is 4.01. The molecule has 72 valence electrons. The molecule has 0 amide bonds. The summed E-state index contributed by atoms with van der Waals surface area (Å²) in [6, 6.07) is 1.48. The highest BCUT2D eigenvalue weighted by Crippen LogP contribution is 2.17. The van der Waals surface area contributed by atoms with Crippen LogP contribution in [0.15, 0.2) is 11.4 Å². The Bertz CT molecular complexity index is 296. The molecule has 0 aromatic carbocycles. The zero-order valence-corrected chi connectivity index (χ0v) is 8.56. The standard InChI is InChI=1S/C9H13NO2S/c1-6-3-4-13-8(6)5-7(10)9(11)12-2/h3-4,7H,5,10H2,1-2H3. The van der Waals surface area contributed by atoms with Gasteiger partial charge in [0.15, 0.2) is 0 Å². The molecule has 0 aliphatic heterocycles. The molecule has 0 radical (unpaired) electrons. The fourth-order valence-electron chi connectivity index (χ4n) is 1.05. The van der Waals surface area contributed by atoms with Crippen molar-refractivity contribution in [3.8, 4) is 0 Å². The van der Waals surface area contributed by atoms with Crippen molar-refractivity contribution in [3.05, 3.63) is 21.9 Å². The average Bonchev–Trinajstić information content (AvgIpc) is 2.50. The Hall–Kier alpha value is -0.870. The maximum atomic E-state index is 11.0. The lowest BCUT2D eigenvalue weighted by Gasteiger charge is -2.07. The van der Waals surface area contributed by atoms with Crippen molar-refractivity contribution >= 4 is 17.3 Å². The number of methoxy groups -OCH3 is 1. The summed E-state index contributed by atoms with van der Waals surface area (Å²) in [4.78, 5) is 12.2. The van der Waals surface area contributed by atoms with Crippen LogP contribution in [0.3, 0.4) is 0 Å². The second-order valence-electron chi connectivity index (χ2n) is 2.86. The van der Waals surface area contributed by atoms with Gasteiger partial charge in [-0.15, -0.1) is 11.3 Å². The van der Waals surface area contributed by atoms with Crippen LogP contribution in [-0.2, 0) is 16.0 Å². The molecule has 0 aliphatic rings. The van der Waals surface area contributed by atoms with E-state index < -0.39 is 6.04 Å². The van der Waals surface area contributed by atoms with E-state index >= 15 is 0 Å². The summed E-state index contributed by atoms with van der Waals surface area (Å²) in [5, 5.41) is 1.99.